The van der Waals surface area contributed by atoms with Crippen LogP contribution in [0, 0.1) is 0 Å². The van der Waals surface area contributed by atoms with Gasteiger partial charge in [0.25, 0.3) is 0 Å². The van der Waals surface area contributed by atoms with Gasteiger partial charge in [0, 0.05) is 51.2 Å². The number of hydrogen-bond acceptors (Lipinski definition) is 5. The van der Waals surface area contributed by atoms with Crippen LogP contribution in [0.2, 0.25) is 0 Å². The summed E-state index contributed by atoms with van der Waals surface area (Å²) >= 11 is 0. The molecule has 3 N–H and O–H groups in total. The van der Waals surface area contributed by atoms with E-state index in [1.54, 1.807) is 4.90 Å². The van der Waals surface area contributed by atoms with Gasteiger partial charge in [-0.2, -0.15) is 0 Å². The van der Waals surface area contributed by atoms with Crippen LogP contribution in [0.15, 0.2) is 0 Å². The Morgan fingerprint density at radius 1 is 1.33 bits per heavy atom. The van der Waals surface area contributed by atoms with Gasteiger partial charge in [0.15, 0.2) is 0 Å². The minimum Gasteiger partial charge on any atom is -0.443 e. The average Bonchev–Trinajstić information content (AvgIpc) is 2.89. The number of piperazine rings is 1. The van der Waals surface area contributed by atoms with Crippen molar-refractivity contribution in [3.63, 3.8) is 0 Å². The molecule has 0 spiro atoms. The molecule has 2 aliphatic heterocycles. The smallest absolute Gasteiger partial charge is 0.410 e. The molecular formula is C14H25FN4O2. The van der Waals surface area contributed by atoms with Crippen LogP contribution in [0.1, 0.15) is 19.3 Å². The number of carbonyl (C=O) groups is 1. The van der Waals surface area contributed by atoms with Gasteiger partial charge in [-0.05, 0) is 12.8 Å². The number of ether oxygens (including phenoxy) is 1. The molecule has 7 heteroatoms. The predicted octanol–water partition coefficient (Wildman–Crippen LogP) is -0.0697. The van der Waals surface area contributed by atoms with E-state index in [0.717, 1.165) is 39.0 Å². The quantitative estimate of drug-likeness (QED) is 0.763. The van der Waals surface area contributed by atoms with E-state index >= 15 is 0 Å². The zero-order valence-corrected chi connectivity index (χ0v) is 12.3. The van der Waals surface area contributed by atoms with Gasteiger partial charge in [0.1, 0.15) is 12.3 Å². The highest BCUT2D eigenvalue weighted by molar-refractivity contribution is 5.70. The fourth-order valence-electron chi connectivity index (χ4n) is 3.75. The summed E-state index contributed by atoms with van der Waals surface area (Å²) in [5.41, 5.74) is 5.54. The van der Waals surface area contributed by atoms with Crippen LogP contribution in [0.4, 0.5) is 9.18 Å². The van der Waals surface area contributed by atoms with Crippen molar-refractivity contribution in [2.75, 3.05) is 39.3 Å². The first kappa shape index (κ1) is 15.0. The van der Waals surface area contributed by atoms with Crippen molar-refractivity contribution in [2.24, 2.45) is 5.73 Å². The van der Waals surface area contributed by atoms with Gasteiger partial charge < -0.3 is 20.7 Å². The summed E-state index contributed by atoms with van der Waals surface area (Å²) in [6.45, 7) is 4.53. The fourth-order valence-corrected chi connectivity index (χ4v) is 3.75. The topological polar surface area (TPSA) is 70.8 Å². The number of nitrogens with one attached hydrogen (secondary N) is 1. The van der Waals surface area contributed by atoms with Crippen LogP contribution in [0.5, 0.6) is 0 Å². The van der Waals surface area contributed by atoms with Crippen molar-refractivity contribution in [2.45, 2.75) is 43.6 Å². The van der Waals surface area contributed by atoms with Crippen molar-refractivity contribution in [1.29, 1.82) is 0 Å². The summed E-state index contributed by atoms with van der Waals surface area (Å²) in [6, 6.07) is -0.0319. The molecule has 21 heavy (non-hydrogen) atoms. The number of carbonyl (C=O) groups excluding carboxylic acids is 1. The van der Waals surface area contributed by atoms with E-state index in [0.29, 0.717) is 19.5 Å². The van der Waals surface area contributed by atoms with E-state index in [4.69, 9.17) is 10.5 Å². The predicted molar refractivity (Wildman–Crippen MR) is 76.8 cm³/mol. The molecule has 6 nitrogen and oxygen atoms in total. The van der Waals surface area contributed by atoms with Crippen LogP contribution in [0.25, 0.3) is 0 Å². The fraction of sp³-hybridized carbons (Fsp3) is 0.929. The number of nitrogens with zero attached hydrogens (tertiary/aromatic N) is 2. The SMILES string of the molecule is NC[C@H]1CN(C2CCC(N3CCNCC3)C(F)C2)C(=O)O1. The standard InChI is InChI=1S/C14H25FN4O2/c15-12-7-10(19-9-11(8-16)21-14(19)20)1-2-13(12)18-5-3-17-4-6-18/h10-13,17H,1-9,16H2/t10?,11-,12?,13?/m0/s1. The molecule has 3 aliphatic rings. The number of amides is 1. The highest BCUT2D eigenvalue weighted by Gasteiger charge is 2.41. The normalized spacial score (nSPS) is 38.6. The monoisotopic (exact) mass is 300 g/mol. The van der Waals surface area contributed by atoms with Crippen LogP contribution in [0.3, 0.4) is 0 Å². The Kier molecular flexibility index (Phi) is 4.61. The van der Waals surface area contributed by atoms with Gasteiger partial charge in [-0.3, -0.25) is 4.90 Å². The second-order valence-corrected chi connectivity index (χ2v) is 6.23. The maximum Gasteiger partial charge on any atom is 0.410 e. The third-order valence-electron chi connectivity index (χ3n) is 4.94. The Bertz CT molecular complexity index is 378. The Labute approximate surface area is 124 Å². The van der Waals surface area contributed by atoms with Crippen LogP contribution in [-0.2, 0) is 4.74 Å². The zero-order valence-electron chi connectivity index (χ0n) is 12.3. The molecule has 0 aromatic carbocycles. The van der Waals surface area contributed by atoms with Crippen molar-refractivity contribution in [3.05, 3.63) is 0 Å². The molecule has 2 saturated heterocycles. The highest BCUT2D eigenvalue weighted by Crippen LogP contribution is 2.31. The second-order valence-electron chi connectivity index (χ2n) is 6.23. The lowest BCUT2D eigenvalue weighted by Crippen LogP contribution is -2.55. The number of cyclic esters (lactones) is 1. The molecule has 3 unspecified atom stereocenters. The van der Waals surface area contributed by atoms with E-state index in [1.165, 1.54) is 0 Å². The summed E-state index contributed by atoms with van der Waals surface area (Å²) in [6.07, 6.45) is 0.641. The first-order chi connectivity index (χ1) is 10.2. The zero-order chi connectivity index (χ0) is 14.8. The Balaban J connectivity index is 1.56. The molecule has 1 aliphatic carbocycles. The molecule has 3 rings (SSSR count). The largest absolute Gasteiger partial charge is 0.443 e. The first-order valence-electron chi connectivity index (χ1n) is 7.95. The van der Waals surface area contributed by atoms with Gasteiger partial charge in [-0.25, -0.2) is 9.18 Å². The second kappa shape index (κ2) is 6.46. The van der Waals surface area contributed by atoms with E-state index < -0.39 is 6.17 Å². The molecule has 120 valence electrons. The molecule has 1 saturated carbocycles. The molecule has 0 aromatic heterocycles. The minimum absolute atomic E-state index is 0.00674. The molecule has 0 bridgehead atoms. The Morgan fingerprint density at radius 3 is 2.71 bits per heavy atom. The highest BCUT2D eigenvalue weighted by atomic mass is 19.1. The molecule has 2 heterocycles. The summed E-state index contributed by atoms with van der Waals surface area (Å²) in [5.74, 6) is 0. The lowest BCUT2D eigenvalue weighted by Gasteiger charge is -2.42. The number of hydrogen-bond donors (Lipinski definition) is 2. The van der Waals surface area contributed by atoms with E-state index in [2.05, 4.69) is 10.2 Å². The van der Waals surface area contributed by atoms with Gasteiger partial charge in [0.2, 0.25) is 0 Å². The minimum atomic E-state index is -0.869. The summed E-state index contributed by atoms with van der Waals surface area (Å²) < 4.78 is 19.8. The maximum atomic E-state index is 14.6. The lowest BCUT2D eigenvalue weighted by atomic mass is 9.87. The number of nitrogens with two attached hydrogens (primary N) is 1. The molecular weight excluding hydrogens is 275 g/mol. The number of halogens is 1. The maximum absolute atomic E-state index is 14.6. The van der Waals surface area contributed by atoms with Crippen molar-refractivity contribution in [1.82, 2.24) is 15.1 Å². The molecule has 3 fully saturated rings. The lowest BCUT2D eigenvalue weighted by molar-refractivity contribution is 0.0367. The van der Waals surface area contributed by atoms with Gasteiger partial charge in [-0.15, -0.1) is 0 Å². The first-order valence-corrected chi connectivity index (χ1v) is 7.95. The van der Waals surface area contributed by atoms with Gasteiger partial charge in [0.05, 0.1) is 6.54 Å². The van der Waals surface area contributed by atoms with E-state index in [1.807, 2.05) is 0 Å². The van der Waals surface area contributed by atoms with E-state index in [9.17, 15) is 9.18 Å². The van der Waals surface area contributed by atoms with Crippen molar-refractivity contribution in [3.8, 4) is 0 Å². The third kappa shape index (κ3) is 3.14. The van der Waals surface area contributed by atoms with Crippen LogP contribution >= 0.6 is 0 Å². The number of rotatable bonds is 3. The Hall–Kier alpha value is -0.920. The van der Waals surface area contributed by atoms with Crippen LogP contribution in [-0.4, -0.2) is 79.5 Å². The molecule has 1 amide bonds. The summed E-state index contributed by atoms with van der Waals surface area (Å²) in [5, 5.41) is 3.29. The Morgan fingerprint density at radius 2 is 2.10 bits per heavy atom. The summed E-state index contributed by atoms with van der Waals surface area (Å²) in [4.78, 5) is 15.8. The average molecular weight is 300 g/mol. The van der Waals surface area contributed by atoms with Crippen LogP contribution < -0.4 is 11.1 Å². The molecule has 4 atom stereocenters. The van der Waals surface area contributed by atoms with Gasteiger partial charge in [-0.1, -0.05) is 0 Å². The van der Waals surface area contributed by atoms with Gasteiger partial charge >= 0.3 is 6.09 Å². The summed E-state index contributed by atoms with van der Waals surface area (Å²) in [7, 11) is 0. The third-order valence-corrected chi connectivity index (χ3v) is 4.94. The number of alkyl halides is 1. The van der Waals surface area contributed by atoms with Crippen molar-refractivity contribution < 1.29 is 13.9 Å². The molecule has 0 aromatic rings. The van der Waals surface area contributed by atoms with Crippen molar-refractivity contribution >= 4 is 6.09 Å². The van der Waals surface area contributed by atoms with E-state index in [-0.39, 0.29) is 24.3 Å². The molecule has 0 radical (unpaired) electrons.